The summed E-state index contributed by atoms with van der Waals surface area (Å²) < 4.78 is 4.44. The topological polar surface area (TPSA) is 29.7 Å². The molecule has 0 aliphatic carbocycles. The van der Waals surface area contributed by atoms with Gasteiger partial charge in [-0.15, -0.1) is 90.0 Å². The molecule has 227 valence electrons. The number of pyridine rings is 3. The second kappa shape index (κ2) is 15.9. The van der Waals surface area contributed by atoms with Crippen molar-refractivity contribution in [2.45, 2.75) is 6.92 Å². The fraction of sp³-hybridized carbons (Fsp3) is 0.0244. The summed E-state index contributed by atoms with van der Waals surface area (Å²) in [5.74, 6) is 0. The average Bonchev–Trinajstić information content (AvgIpc) is 3.49. The van der Waals surface area contributed by atoms with E-state index in [1.165, 1.54) is 25.7 Å². The Morgan fingerprint density at radius 2 is 1.35 bits per heavy atom. The molecule has 4 aromatic carbocycles. The summed E-state index contributed by atoms with van der Waals surface area (Å²) in [5.41, 5.74) is 7.36. The first-order chi connectivity index (χ1) is 22.2. The van der Waals surface area contributed by atoms with Crippen LogP contribution in [0.1, 0.15) is 5.56 Å². The van der Waals surface area contributed by atoms with E-state index in [1.54, 1.807) is 6.20 Å². The Balaban J connectivity index is 0.000000141. The number of hydrogen-bond donors (Lipinski definition) is 0. The monoisotopic (exact) mass is 789 g/mol. The molecule has 0 saturated carbocycles. The summed E-state index contributed by atoms with van der Waals surface area (Å²) in [5, 5.41) is 2.61. The van der Waals surface area contributed by atoms with Gasteiger partial charge in [0.1, 0.15) is 5.69 Å². The van der Waals surface area contributed by atoms with Crippen molar-refractivity contribution < 1.29 is 24.7 Å². The molecule has 0 atom stereocenters. The van der Waals surface area contributed by atoms with Gasteiger partial charge in [-0.3, -0.25) is 0 Å². The average molecular weight is 789 g/mol. The maximum Gasteiger partial charge on any atom is 0.115 e. The zero-order chi connectivity index (χ0) is 30.8. The van der Waals surface area contributed by atoms with E-state index >= 15 is 0 Å². The van der Waals surface area contributed by atoms with Gasteiger partial charge in [-0.1, -0.05) is 65.5 Å². The summed E-state index contributed by atoms with van der Waals surface area (Å²) in [6, 6.07) is 54.2. The van der Waals surface area contributed by atoms with Crippen LogP contribution in [-0.2, 0) is 20.1 Å². The molecule has 0 fully saturated rings. The number of nitrogens with zero attached hydrogens (tertiary/aromatic N) is 3. The van der Waals surface area contributed by atoms with Gasteiger partial charge >= 0.3 is 0 Å². The van der Waals surface area contributed by atoms with Gasteiger partial charge in [-0.2, -0.15) is 11.3 Å². The van der Waals surface area contributed by atoms with Crippen LogP contribution < -0.4 is 4.57 Å². The molecule has 0 spiro atoms. The van der Waals surface area contributed by atoms with Gasteiger partial charge in [0, 0.05) is 44.2 Å². The molecular weight excluding hydrogens is 759 g/mol. The van der Waals surface area contributed by atoms with E-state index in [0.29, 0.717) is 0 Å². The minimum Gasteiger partial charge on any atom is -0.321 e. The van der Waals surface area contributed by atoms with Crippen molar-refractivity contribution in [3.05, 3.63) is 183 Å². The second-order valence-electron chi connectivity index (χ2n) is 10.3. The summed E-state index contributed by atoms with van der Waals surface area (Å²) in [7, 11) is 3.89. The van der Waals surface area contributed by atoms with Crippen LogP contribution >= 0.6 is 11.3 Å². The number of aryl methyl sites for hydroxylation is 1. The first-order valence-electron chi connectivity index (χ1n) is 14.6. The smallest absolute Gasteiger partial charge is 0.115 e. The molecule has 0 unspecified atom stereocenters. The maximum absolute atomic E-state index is 4.49. The van der Waals surface area contributed by atoms with Crippen LogP contribution in [0.5, 0.6) is 0 Å². The molecule has 8 rings (SSSR count). The van der Waals surface area contributed by atoms with Gasteiger partial charge in [-0.05, 0) is 52.2 Å². The molecule has 0 aliphatic rings. The van der Waals surface area contributed by atoms with Crippen LogP contribution in [0.4, 0.5) is 0 Å². The molecule has 0 saturated heterocycles. The van der Waals surface area contributed by atoms with Gasteiger partial charge in [0.25, 0.3) is 0 Å². The van der Waals surface area contributed by atoms with Gasteiger partial charge in [0.15, 0.2) is 0 Å². The van der Waals surface area contributed by atoms with Gasteiger partial charge in [0.05, 0.1) is 6.20 Å². The predicted octanol–water partition coefficient (Wildman–Crippen LogP) is 9.85. The maximum atomic E-state index is 4.49. The van der Waals surface area contributed by atoms with Crippen LogP contribution in [0.2, 0.25) is 0 Å². The minimum atomic E-state index is 0. The third-order valence-electron chi connectivity index (χ3n) is 7.07. The van der Waals surface area contributed by atoms with Crippen LogP contribution in [0.15, 0.2) is 152 Å². The van der Waals surface area contributed by atoms with Gasteiger partial charge in [-0.25, -0.2) is 0 Å². The zero-order valence-electron chi connectivity index (χ0n) is 25.2. The van der Waals surface area contributed by atoms with Gasteiger partial charge < -0.3 is 14.5 Å². The molecule has 0 N–H and O–H groups in total. The molecule has 0 bridgehead atoms. The number of aromatic nitrogens is 3. The van der Waals surface area contributed by atoms with Crippen molar-refractivity contribution in [3.8, 4) is 33.8 Å². The Morgan fingerprint density at radius 1 is 0.630 bits per heavy atom. The quantitative estimate of drug-likeness (QED) is 0.132. The van der Waals surface area contributed by atoms with Crippen molar-refractivity contribution in [3.63, 3.8) is 0 Å². The van der Waals surface area contributed by atoms with Crippen molar-refractivity contribution in [2.75, 3.05) is 0 Å². The van der Waals surface area contributed by atoms with Crippen LogP contribution in [0, 0.1) is 32.2 Å². The number of benzene rings is 4. The number of thiophene rings is 1. The molecule has 0 aliphatic heterocycles. The standard InChI is InChI=1S/C18H12NS.C12H10N.C11H8N.Ir/c1-12-6-8-16(19-11-12)13-7-9-18-15(10-13)14-4-2-3-5-17(14)20-18;1-13-10-6-5-9-12(13)11-7-3-2-4-8-11;1-2-6-10(7-3-1)11-8-4-5-9-12-11;/h2-6,8-11H,1H3;2-7,9-10H,1H2;1-6,8-9H;/q3*-1;. The molecular formula is C41H30IrN3S-3. The fourth-order valence-corrected chi connectivity index (χ4v) is 5.86. The zero-order valence-corrected chi connectivity index (χ0v) is 28.4. The third-order valence-corrected chi connectivity index (χ3v) is 8.21. The third kappa shape index (κ3) is 8.01. The molecule has 46 heavy (non-hydrogen) atoms. The van der Waals surface area contributed by atoms with E-state index in [0.717, 1.165) is 33.8 Å². The largest absolute Gasteiger partial charge is 0.321 e. The normalized spacial score (nSPS) is 10.2. The molecule has 3 nitrogen and oxygen atoms in total. The van der Waals surface area contributed by atoms with E-state index in [9.17, 15) is 0 Å². The van der Waals surface area contributed by atoms with E-state index in [1.807, 2.05) is 113 Å². The minimum absolute atomic E-state index is 0. The van der Waals surface area contributed by atoms with Crippen LogP contribution in [0.25, 0.3) is 53.9 Å². The van der Waals surface area contributed by atoms with E-state index in [2.05, 4.69) is 90.7 Å². The summed E-state index contributed by atoms with van der Waals surface area (Å²) >= 11 is 1.82. The summed E-state index contributed by atoms with van der Waals surface area (Å²) in [4.78, 5) is 8.71. The Morgan fingerprint density at radius 3 is 2.04 bits per heavy atom. The molecule has 8 aromatic rings. The summed E-state index contributed by atoms with van der Waals surface area (Å²) in [6.07, 6.45) is 5.62. The first kappa shape index (κ1) is 32.5. The van der Waals surface area contributed by atoms with Gasteiger partial charge in [0.2, 0.25) is 0 Å². The van der Waals surface area contributed by atoms with E-state index < -0.39 is 0 Å². The Kier molecular flexibility index (Phi) is 11.2. The van der Waals surface area contributed by atoms with E-state index in [-0.39, 0.29) is 20.1 Å². The van der Waals surface area contributed by atoms with Crippen molar-refractivity contribution >= 4 is 31.5 Å². The summed E-state index contributed by atoms with van der Waals surface area (Å²) in [6.45, 7) is 2.05. The number of rotatable bonds is 3. The Bertz CT molecular complexity index is 2070. The molecule has 5 heteroatoms. The van der Waals surface area contributed by atoms with E-state index in [4.69, 9.17) is 0 Å². The molecule has 1 radical (unpaired) electrons. The van der Waals surface area contributed by atoms with Crippen LogP contribution in [-0.4, -0.2) is 9.97 Å². The predicted molar refractivity (Wildman–Crippen MR) is 186 cm³/mol. The van der Waals surface area contributed by atoms with Crippen LogP contribution in [0.3, 0.4) is 0 Å². The van der Waals surface area contributed by atoms with Crippen molar-refractivity contribution in [1.29, 1.82) is 0 Å². The molecule has 4 heterocycles. The second-order valence-corrected chi connectivity index (χ2v) is 11.4. The number of fused-ring (bicyclic) bond motifs is 3. The number of hydrogen-bond acceptors (Lipinski definition) is 3. The Hall–Kier alpha value is -4.93. The Labute approximate surface area is 288 Å². The molecule has 4 aromatic heterocycles. The SMILES string of the molecule is Cc1ccc(-c2[c-]cc3sc4ccccc4c3c2)nc1.[CH2-][n+]1ccccc1-c1[c-]cccc1.[Ir].[c-]1ccccc1-c1ccccn1. The van der Waals surface area contributed by atoms with Crippen molar-refractivity contribution in [2.24, 2.45) is 0 Å². The fourth-order valence-electron chi connectivity index (χ4n) is 4.79. The molecule has 0 amide bonds. The van der Waals surface area contributed by atoms with Crippen molar-refractivity contribution in [1.82, 2.24) is 9.97 Å². The first-order valence-corrected chi connectivity index (χ1v) is 15.4.